The Hall–Kier alpha value is -2.80. The Morgan fingerprint density at radius 2 is 2.25 bits per heavy atom. The maximum atomic E-state index is 11.9. The fourth-order valence-corrected chi connectivity index (χ4v) is 2.79. The number of hydrogen-bond acceptors (Lipinski definition) is 5. The zero-order valence-electron chi connectivity index (χ0n) is 13.2. The van der Waals surface area contributed by atoms with E-state index >= 15 is 0 Å². The third-order valence-corrected chi connectivity index (χ3v) is 4.10. The van der Waals surface area contributed by atoms with Crippen molar-refractivity contribution in [3.8, 4) is 0 Å². The van der Waals surface area contributed by atoms with Crippen molar-refractivity contribution in [2.24, 2.45) is 0 Å². The van der Waals surface area contributed by atoms with E-state index in [4.69, 9.17) is 0 Å². The van der Waals surface area contributed by atoms with Gasteiger partial charge in [0.05, 0.1) is 17.2 Å². The topological polar surface area (TPSA) is 72.7 Å². The van der Waals surface area contributed by atoms with Gasteiger partial charge in [0.15, 0.2) is 0 Å². The number of nitrogens with one attached hydrogen (secondary N) is 1. The van der Waals surface area contributed by atoms with Crippen LogP contribution in [0.15, 0.2) is 48.4 Å². The molecular weight excluding hydrogens is 322 g/mol. The Labute approximate surface area is 143 Å². The number of aromatic nitrogens is 4. The van der Waals surface area contributed by atoms with Crippen LogP contribution < -0.4 is 5.32 Å². The molecule has 0 aliphatic heterocycles. The van der Waals surface area contributed by atoms with Gasteiger partial charge in [0.25, 0.3) is 0 Å². The van der Waals surface area contributed by atoms with Crippen molar-refractivity contribution in [2.75, 3.05) is 0 Å². The van der Waals surface area contributed by atoms with Crippen LogP contribution in [0.25, 0.3) is 6.08 Å². The van der Waals surface area contributed by atoms with E-state index in [0.29, 0.717) is 13.1 Å². The monoisotopic (exact) mass is 339 g/mol. The number of benzene rings is 1. The van der Waals surface area contributed by atoms with Crippen molar-refractivity contribution in [1.82, 2.24) is 25.1 Å². The predicted octanol–water partition coefficient (Wildman–Crippen LogP) is 2.42. The lowest BCUT2D eigenvalue weighted by atomic mass is 10.1. The van der Waals surface area contributed by atoms with Crippen LogP contribution in [-0.4, -0.2) is 25.7 Å². The highest BCUT2D eigenvalue weighted by molar-refractivity contribution is 7.09. The maximum absolute atomic E-state index is 11.9. The first-order valence-corrected chi connectivity index (χ1v) is 8.35. The van der Waals surface area contributed by atoms with Crippen LogP contribution in [0.2, 0.25) is 0 Å². The number of aryl methyl sites for hydroxylation is 1. The van der Waals surface area contributed by atoms with Gasteiger partial charge in [-0.05, 0) is 24.1 Å². The number of carbonyl (C=O) groups is 1. The number of amides is 1. The first-order chi connectivity index (χ1) is 11.7. The molecule has 1 aromatic carbocycles. The molecule has 3 aromatic rings. The molecule has 122 valence electrons. The summed E-state index contributed by atoms with van der Waals surface area (Å²) < 4.78 is 1.76. The zero-order valence-corrected chi connectivity index (χ0v) is 14.0. The predicted molar refractivity (Wildman–Crippen MR) is 93.3 cm³/mol. The highest BCUT2D eigenvalue weighted by atomic mass is 32.1. The molecule has 3 rings (SSSR count). The van der Waals surface area contributed by atoms with Crippen molar-refractivity contribution in [3.05, 3.63) is 70.2 Å². The summed E-state index contributed by atoms with van der Waals surface area (Å²) >= 11 is 1.56. The second kappa shape index (κ2) is 7.65. The van der Waals surface area contributed by atoms with Crippen LogP contribution in [0.5, 0.6) is 0 Å². The van der Waals surface area contributed by atoms with E-state index in [1.807, 2.05) is 30.5 Å². The van der Waals surface area contributed by atoms with E-state index in [-0.39, 0.29) is 5.91 Å². The van der Waals surface area contributed by atoms with E-state index in [1.54, 1.807) is 28.4 Å². The minimum absolute atomic E-state index is 0.137. The van der Waals surface area contributed by atoms with E-state index in [1.165, 1.54) is 12.4 Å². The molecule has 6 nitrogen and oxygen atoms in total. The summed E-state index contributed by atoms with van der Waals surface area (Å²) in [5, 5.41) is 9.88. The fourth-order valence-electron chi connectivity index (χ4n) is 2.21. The van der Waals surface area contributed by atoms with Crippen LogP contribution in [0.3, 0.4) is 0 Å². The lowest BCUT2D eigenvalue weighted by Gasteiger charge is -2.06. The molecule has 0 bridgehead atoms. The molecule has 0 aliphatic rings. The van der Waals surface area contributed by atoms with Crippen molar-refractivity contribution in [1.29, 1.82) is 0 Å². The molecule has 1 N–H and O–H groups in total. The summed E-state index contributed by atoms with van der Waals surface area (Å²) in [6, 6.07) is 8.03. The maximum Gasteiger partial charge on any atom is 0.244 e. The number of nitrogens with zero attached hydrogens (tertiary/aromatic N) is 4. The van der Waals surface area contributed by atoms with Gasteiger partial charge in [0, 0.05) is 18.0 Å². The lowest BCUT2D eigenvalue weighted by Crippen LogP contribution is -2.20. The van der Waals surface area contributed by atoms with Gasteiger partial charge >= 0.3 is 0 Å². The highest BCUT2D eigenvalue weighted by Gasteiger charge is 2.01. The van der Waals surface area contributed by atoms with Gasteiger partial charge in [-0.25, -0.2) is 14.6 Å². The first-order valence-electron chi connectivity index (χ1n) is 7.47. The Bertz CT molecular complexity index is 838. The smallest absolute Gasteiger partial charge is 0.244 e. The van der Waals surface area contributed by atoms with Crippen molar-refractivity contribution >= 4 is 23.3 Å². The van der Waals surface area contributed by atoms with Crippen LogP contribution in [0.1, 0.15) is 21.8 Å². The zero-order chi connectivity index (χ0) is 16.8. The third kappa shape index (κ3) is 4.60. The molecule has 24 heavy (non-hydrogen) atoms. The summed E-state index contributed by atoms with van der Waals surface area (Å²) in [6.07, 6.45) is 6.42. The van der Waals surface area contributed by atoms with E-state index in [9.17, 15) is 4.79 Å². The summed E-state index contributed by atoms with van der Waals surface area (Å²) in [6.45, 7) is 3.07. The summed E-state index contributed by atoms with van der Waals surface area (Å²) in [4.78, 5) is 20.1. The summed E-state index contributed by atoms with van der Waals surface area (Å²) in [5.41, 5.74) is 2.96. The van der Waals surface area contributed by atoms with Crippen LogP contribution in [-0.2, 0) is 17.9 Å². The van der Waals surface area contributed by atoms with Crippen LogP contribution in [0, 0.1) is 6.92 Å². The van der Waals surface area contributed by atoms with Crippen molar-refractivity contribution in [2.45, 2.75) is 20.0 Å². The molecule has 0 radical (unpaired) electrons. The van der Waals surface area contributed by atoms with Crippen LogP contribution in [0.4, 0.5) is 0 Å². The number of hydrogen-bond donors (Lipinski definition) is 1. The van der Waals surface area contributed by atoms with Crippen molar-refractivity contribution < 1.29 is 4.79 Å². The van der Waals surface area contributed by atoms with Gasteiger partial charge in [0.1, 0.15) is 12.7 Å². The van der Waals surface area contributed by atoms with Crippen LogP contribution >= 0.6 is 11.3 Å². The summed E-state index contributed by atoms with van der Waals surface area (Å²) in [5.74, 6) is -0.137. The SMILES string of the molecule is Cc1nc(/C=C/C(=O)NCc2cccc(Cn3cncn3)c2)cs1. The number of thiazole rings is 1. The Morgan fingerprint density at radius 1 is 1.38 bits per heavy atom. The molecule has 1 amide bonds. The van der Waals surface area contributed by atoms with E-state index in [0.717, 1.165) is 21.8 Å². The molecule has 0 aliphatic carbocycles. The van der Waals surface area contributed by atoms with Gasteiger partial charge in [0.2, 0.25) is 5.91 Å². The Morgan fingerprint density at radius 3 is 3.00 bits per heavy atom. The Kier molecular flexibility index (Phi) is 5.12. The van der Waals surface area contributed by atoms with Gasteiger partial charge in [-0.15, -0.1) is 11.3 Å². The van der Waals surface area contributed by atoms with E-state index < -0.39 is 0 Å². The largest absolute Gasteiger partial charge is 0.348 e. The minimum Gasteiger partial charge on any atom is -0.348 e. The molecule has 7 heteroatoms. The second-order valence-electron chi connectivity index (χ2n) is 5.26. The Balaban J connectivity index is 1.54. The first kappa shape index (κ1) is 16.1. The lowest BCUT2D eigenvalue weighted by molar-refractivity contribution is -0.116. The summed E-state index contributed by atoms with van der Waals surface area (Å²) in [7, 11) is 0. The fraction of sp³-hybridized carbons (Fsp3) is 0.176. The van der Waals surface area contributed by atoms with Crippen molar-refractivity contribution in [3.63, 3.8) is 0 Å². The average Bonchev–Trinajstić information content (AvgIpc) is 3.23. The molecule has 0 unspecified atom stereocenters. The standard InChI is InChI=1S/C17H17N5OS/c1-13-21-16(10-24-13)5-6-17(23)19-8-14-3-2-4-15(7-14)9-22-12-18-11-20-22/h2-7,10-12H,8-9H2,1H3,(H,19,23)/b6-5+. The van der Waals surface area contributed by atoms with Gasteiger partial charge < -0.3 is 5.32 Å². The second-order valence-corrected chi connectivity index (χ2v) is 6.32. The molecule has 0 saturated carbocycles. The highest BCUT2D eigenvalue weighted by Crippen LogP contribution is 2.09. The van der Waals surface area contributed by atoms with Gasteiger partial charge in [-0.1, -0.05) is 24.3 Å². The normalized spacial score (nSPS) is 11.0. The quantitative estimate of drug-likeness (QED) is 0.700. The molecule has 0 atom stereocenters. The molecular formula is C17H17N5OS. The molecule has 2 heterocycles. The van der Waals surface area contributed by atoms with Gasteiger partial charge in [-0.3, -0.25) is 4.79 Å². The number of rotatable bonds is 6. The van der Waals surface area contributed by atoms with Gasteiger partial charge in [-0.2, -0.15) is 5.10 Å². The molecule has 0 spiro atoms. The molecule has 0 saturated heterocycles. The minimum atomic E-state index is -0.137. The number of carbonyl (C=O) groups excluding carboxylic acids is 1. The molecule has 0 fully saturated rings. The molecule has 2 aromatic heterocycles. The van der Waals surface area contributed by atoms with E-state index in [2.05, 4.69) is 26.4 Å². The average molecular weight is 339 g/mol. The third-order valence-electron chi connectivity index (χ3n) is 3.31.